The molecular formula is C20H30. The third kappa shape index (κ3) is 3.10. The first-order chi connectivity index (χ1) is 9.76. The molecule has 0 radical (unpaired) electrons. The Labute approximate surface area is 125 Å². The Bertz CT molecular complexity index is 437. The highest BCUT2D eigenvalue weighted by Crippen LogP contribution is 2.38. The maximum Gasteiger partial charge on any atom is -0.0162 e. The Morgan fingerprint density at radius 2 is 1.80 bits per heavy atom. The van der Waals surface area contributed by atoms with Crippen LogP contribution in [0, 0.1) is 11.8 Å². The molecular weight excluding hydrogens is 240 g/mol. The van der Waals surface area contributed by atoms with E-state index in [1.807, 2.05) is 0 Å². The van der Waals surface area contributed by atoms with Crippen molar-refractivity contribution >= 4 is 0 Å². The van der Waals surface area contributed by atoms with Gasteiger partial charge in [-0.1, -0.05) is 44.9 Å². The van der Waals surface area contributed by atoms with Gasteiger partial charge in [0.25, 0.3) is 0 Å². The van der Waals surface area contributed by atoms with Gasteiger partial charge in [0.15, 0.2) is 0 Å². The van der Waals surface area contributed by atoms with Crippen LogP contribution in [0.5, 0.6) is 0 Å². The summed E-state index contributed by atoms with van der Waals surface area (Å²) in [6.45, 7) is 4.72. The highest BCUT2D eigenvalue weighted by molar-refractivity contribution is 5.36. The van der Waals surface area contributed by atoms with Gasteiger partial charge in [-0.15, -0.1) is 0 Å². The molecule has 0 N–H and O–H groups in total. The molecule has 2 aliphatic carbocycles. The van der Waals surface area contributed by atoms with E-state index in [0.717, 1.165) is 17.8 Å². The fraction of sp³-hybridized carbons (Fsp3) is 0.700. The SMILES string of the molecule is CCCC1CCC(c2ccc3c(c2)CCC(C)C3)CC1. The molecule has 0 heterocycles. The van der Waals surface area contributed by atoms with E-state index in [1.54, 1.807) is 16.7 Å². The second-order valence-electron chi connectivity index (χ2n) is 7.38. The molecule has 1 saturated carbocycles. The molecule has 1 aromatic rings. The van der Waals surface area contributed by atoms with Crippen LogP contribution in [0.25, 0.3) is 0 Å². The van der Waals surface area contributed by atoms with Gasteiger partial charge < -0.3 is 0 Å². The van der Waals surface area contributed by atoms with E-state index in [0.29, 0.717) is 0 Å². The maximum absolute atomic E-state index is 2.56. The molecule has 0 nitrogen and oxygen atoms in total. The quantitative estimate of drug-likeness (QED) is 0.643. The number of rotatable bonds is 3. The first-order valence-electron chi connectivity index (χ1n) is 8.88. The zero-order valence-corrected chi connectivity index (χ0v) is 13.3. The molecule has 0 aliphatic heterocycles. The second-order valence-corrected chi connectivity index (χ2v) is 7.38. The summed E-state index contributed by atoms with van der Waals surface area (Å²) in [6, 6.07) is 7.45. The van der Waals surface area contributed by atoms with E-state index in [9.17, 15) is 0 Å². The second kappa shape index (κ2) is 6.33. The molecule has 0 spiro atoms. The minimum Gasteiger partial charge on any atom is -0.0654 e. The predicted octanol–water partition coefficient (Wildman–Crippen LogP) is 5.89. The number of hydrogen-bond acceptors (Lipinski definition) is 0. The van der Waals surface area contributed by atoms with Gasteiger partial charge in [-0.3, -0.25) is 0 Å². The highest BCUT2D eigenvalue weighted by Gasteiger charge is 2.23. The molecule has 0 saturated heterocycles. The molecule has 0 aromatic heterocycles. The van der Waals surface area contributed by atoms with Gasteiger partial charge in [0.2, 0.25) is 0 Å². The van der Waals surface area contributed by atoms with Crippen molar-refractivity contribution in [3.8, 4) is 0 Å². The third-order valence-corrected chi connectivity index (χ3v) is 5.72. The monoisotopic (exact) mass is 270 g/mol. The topological polar surface area (TPSA) is 0 Å². The van der Waals surface area contributed by atoms with Crippen LogP contribution in [-0.2, 0) is 12.8 Å². The van der Waals surface area contributed by atoms with Crippen LogP contribution in [0.15, 0.2) is 18.2 Å². The van der Waals surface area contributed by atoms with Crippen molar-refractivity contribution in [2.24, 2.45) is 11.8 Å². The number of benzene rings is 1. The molecule has 1 unspecified atom stereocenters. The molecule has 1 aromatic carbocycles. The lowest BCUT2D eigenvalue weighted by molar-refractivity contribution is 0.308. The Morgan fingerprint density at radius 3 is 2.55 bits per heavy atom. The Hall–Kier alpha value is -0.780. The van der Waals surface area contributed by atoms with Gasteiger partial charge in [-0.25, -0.2) is 0 Å². The zero-order valence-electron chi connectivity index (χ0n) is 13.3. The fourth-order valence-corrected chi connectivity index (χ4v) is 4.40. The Balaban J connectivity index is 1.66. The largest absolute Gasteiger partial charge is 0.0654 e. The van der Waals surface area contributed by atoms with E-state index < -0.39 is 0 Å². The number of hydrogen-bond donors (Lipinski definition) is 0. The maximum atomic E-state index is 2.56. The summed E-state index contributed by atoms with van der Waals surface area (Å²) >= 11 is 0. The van der Waals surface area contributed by atoms with Crippen molar-refractivity contribution in [2.75, 3.05) is 0 Å². The normalized spacial score (nSPS) is 30.0. The van der Waals surface area contributed by atoms with Crippen molar-refractivity contribution in [1.82, 2.24) is 0 Å². The molecule has 0 heteroatoms. The summed E-state index contributed by atoms with van der Waals surface area (Å²) in [4.78, 5) is 0. The van der Waals surface area contributed by atoms with Crippen LogP contribution in [0.2, 0.25) is 0 Å². The van der Waals surface area contributed by atoms with Crippen LogP contribution in [-0.4, -0.2) is 0 Å². The average molecular weight is 270 g/mol. The molecule has 0 bridgehead atoms. The first kappa shape index (κ1) is 14.2. The minimum absolute atomic E-state index is 0.854. The molecule has 110 valence electrons. The van der Waals surface area contributed by atoms with Crippen LogP contribution >= 0.6 is 0 Å². The van der Waals surface area contributed by atoms with E-state index in [1.165, 1.54) is 57.8 Å². The minimum atomic E-state index is 0.854. The molecule has 1 fully saturated rings. The van der Waals surface area contributed by atoms with E-state index in [4.69, 9.17) is 0 Å². The summed E-state index contributed by atoms with van der Waals surface area (Å²) < 4.78 is 0. The highest BCUT2D eigenvalue weighted by atomic mass is 14.3. The van der Waals surface area contributed by atoms with Gasteiger partial charge in [0.1, 0.15) is 0 Å². The van der Waals surface area contributed by atoms with Gasteiger partial charge in [-0.2, -0.15) is 0 Å². The van der Waals surface area contributed by atoms with Crippen molar-refractivity contribution in [2.45, 2.75) is 77.6 Å². The van der Waals surface area contributed by atoms with Crippen molar-refractivity contribution < 1.29 is 0 Å². The summed E-state index contributed by atoms with van der Waals surface area (Å²) in [5, 5.41) is 0. The smallest absolute Gasteiger partial charge is 0.0162 e. The molecule has 20 heavy (non-hydrogen) atoms. The third-order valence-electron chi connectivity index (χ3n) is 5.72. The average Bonchev–Trinajstić information content (AvgIpc) is 2.48. The van der Waals surface area contributed by atoms with Gasteiger partial charge in [-0.05, 0) is 79.4 Å². The van der Waals surface area contributed by atoms with Crippen molar-refractivity contribution in [1.29, 1.82) is 0 Å². The Kier molecular flexibility index (Phi) is 4.48. The summed E-state index contributed by atoms with van der Waals surface area (Å²) in [7, 11) is 0. The lowest BCUT2D eigenvalue weighted by Gasteiger charge is -2.30. The van der Waals surface area contributed by atoms with E-state index in [2.05, 4.69) is 32.0 Å². The van der Waals surface area contributed by atoms with E-state index >= 15 is 0 Å². The first-order valence-corrected chi connectivity index (χ1v) is 8.88. The zero-order chi connectivity index (χ0) is 13.9. The van der Waals surface area contributed by atoms with Gasteiger partial charge in [0, 0.05) is 0 Å². The van der Waals surface area contributed by atoms with Crippen molar-refractivity contribution in [3.05, 3.63) is 34.9 Å². The molecule has 0 amide bonds. The van der Waals surface area contributed by atoms with Gasteiger partial charge >= 0.3 is 0 Å². The standard InChI is InChI=1S/C20H30/c1-3-4-16-6-9-17(10-7-16)19-12-11-18-13-15(2)5-8-20(18)14-19/h11-12,14-17H,3-10,13H2,1-2H3. The molecule has 1 atom stereocenters. The van der Waals surface area contributed by atoms with Crippen LogP contribution in [0.3, 0.4) is 0 Å². The van der Waals surface area contributed by atoms with Crippen LogP contribution in [0.4, 0.5) is 0 Å². The fourth-order valence-electron chi connectivity index (χ4n) is 4.40. The summed E-state index contributed by atoms with van der Waals surface area (Å²) in [5.74, 6) is 2.76. The predicted molar refractivity (Wildman–Crippen MR) is 87.2 cm³/mol. The van der Waals surface area contributed by atoms with E-state index in [-0.39, 0.29) is 0 Å². The van der Waals surface area contributed by atoms with Gasteiger partial charge in [0.05, 0.1) is 0 Å². The number of aryl methyl sites for hydroxylation is 1. The number of fused-ring (bicyclic) bond motifs is 1. The summed E-state index contributed by atoms with van der Waals surface area (Å²) in [5.41, 5.74) is 4.94. The lowest BCUT2D eigenvalue weighted by atomic mass is 9.76. The Morgan fingerprint density at radius 1 is 1.00 bits per heavy atom. The van der Waals surface area contributed by atoms with Crippen LogP contribution < -0.4 is 0 Å². The van der Waals surface area contributed by atoms with Crippen LogP contribution in [0.1, 0.15) is 81.4 Å². The summed E-state index contributed by atoms with van der Waals surface area (Å²) in [6.07, 6.45) is 12.6. The molecule has 2 aliphatic rings. The molecule has 3 rings (SSSR count). The lowest BCUT2D eigenvalue weighted by Crippen LogP contribution is -2.15. The van der Waals surface area contributed by atoms with Crippen molar-refractivity contribution in [3.63, 3.8) is 0 Å².